The largest absolute Gasteiger partial charge is 0.490 e. The van der Waals surface area contributed by atoms with E-state index in [0.717, 1.165) is 39.5 Å². The van der Waals surface area contributed by atoms with Crippen molar-refractivity contribution in [2.45, 2.75) is 39.3 Å². The van der Waals surface area contributed by atoms with E-state index in [4.69, 9.17) is 21.1 Å². The van der Waals surface area contributed by atoms with Crippen LogP contribution in [0.5, 0.6) is 11.5 Å². The zero-order valence-corrected chi connectivity index (χ0v) is 21.6. The van der Waals surface area contributed by atoms with Gasteiger partial charge in [-0.25, -0.2) is 4.39 Å². The smallest absolute Gasteiger partial charge is 0.162 e. The van der Waals surface area contributed by atoms with Gasteiger partial charge in [0.1, 0.15) is 12.4 Å². The minimum Gasteiger partial charge on any atom is -0.490 e. The lowest BCUT2D eigenvalue weighted by Crippen LogP contribution is -2.29. The van der Waals surface area contributed by atoms with Crippen molar-refractivity contribution in [2.24, 2.45) is 0 Å². The summed E-state index contributed by atoms with van der Waals surface area (Å²) < 4.78 is 26.6. The van der Waals surface area contributed by atoms with Crippen molar-refractivity contribution in [2.75, 3.05) is 29.9 Å². The van der Waals surface area contributed by atoms with Crippen LogP contribution < -0.4 is 19.7 Å². The second-order valence-corrected chi connectivity index (χ2v) is 9.53. The summed E-state index contributed by atoms with van der Waals surface area (Å²) >= 11 is 10.2. The summed E-state index contributed by atoms with van der Waals surface area (Å²) in [7, 11) is 0. The van der Waals surface area contributed by atoms with Gasteiger partial charge in [-0.3, -0.25) is 0 Å². The molecule has 3 aromatic rings. The fraction of sp³-hybridized carbons (Fsp3) is 0.333. The van der Waals surface area contributed by atoms with Gasteiger partial charge in [-0.2, -0.15) is 0 Å². The second-order valence-electron chi connectivity index (χ2n) is 8.27. The van der Waals surface area contributed by atoms with E-state index in [9.17, 15) is 4.39 Å². The summed E-state index contributed by atoms with van der Waals surface area (Å²) in [5.41, 5.74) is 3.56. The van der Waals surface area contributed by atoms with Gasteiger partial charge in [0.05, 0.1) is 17.3 Å². The van der Waals surface area contributed by atoms with Crippen LogP contribution in [0.1, 0.15) is 37.3 Å². The Morgan fingerprint density at radius 1 is 0.971 bits per heavy atom. The molecule has 4 rings (SSSR count). The maximum atomic E-state index is 14.0. The Morgan fingerprint density at radius 2 is 1.74 bits per heavy atom. The van der Waals surface area contributed by atoms with E-state index >= 15 is 0 Å². The summed E-state index contributed by atoms with van der Waals surface area (Å²) in [6.45, 7) is 5.24. The molecular weight excluding hydrogens is 519 g/mol. The lowest BCUT2D eigenvalue weighted by atomic mass is 10.1. The minimum atomic E-state index is -0.287. The van der Waals surface area contributed by atoms with Crippen LogP contribution in [0.3, 0.4) is 0 Å². The third-order valence-electron chi connectivity index (χ3n) is 5.88. The molecule has 0 saturated carbocycles. The van der Waals surface area contributed by atoms with Crippen LogP contribution in [0.4, 0.5) is 15.8 Å². The number of rotatable bonds is 9. The van der Waals surface area contributed by atoms with Crippen molar-refractivity contribution in [1.82, 2.24) is 0 Å². The van der Waals surface area contributed by atoms with Gasteiger partial charge in [0, 0.05) is 35.4 Å². The molecule has 1 N–H and O–H groups in total. The normalized spacial score (nSPS) is 13.6. The van der Waals surface area contributed by atoms with Crippen LogP contribution >= 0.6 is 27.5 Å². The fourth-order valence-electron chi connectivity index (χ4n) is 4.07. The third-order valence-corrected chi connectivity index (χ3v) is 6.92. The van der Waals surface area contributed by atoms with Crippen LogP contribution in [0.25, 0.3) is 0 Å². The number of hydrogen-bond acceptors (Lipinski definition) is 4. The van der Waals surface area contributed by atoms with Gasteiger partial charge in [0.25, 0.3) is 0 Å². The molecule has 1 fully saturated rings. The molecule has 0 bridgehead atoms. The minimum absolute atomic E-state index is 0.124. The molecule has 0 aliphatic carbocycles. The molecule has 0 spiro atoms. The molecule has 7 heteroatoms. The highest BCUT2D eigenvalue weighted by Gasteiger charge is 2.15. The summed E-state index contributed by atoms with van der Waals surface area (Å²) in [5.74, 6) is 0.900. The van der Waals surface area contributed by atoms with Crippen LogP contribution in [-0.4, -0.2) is 19.7 Å². The van der Waals surface area contributed by atoms with Gasteiger partial charge in [0.2, 0.25) is 0 Å². The Morgan fingerprint density at radius 3 is 2.47 bits per heavy atom. The number of piperidine rings is 1. The number of benzene rings is 3. The number of hydrogen-bond donors (Lipinski definition) is 1. The molecule has 34 heavy (non-hydrogen) atoms. The van der Waals surface area contributed by atoms with E-state index in [1.807, 2.05) is 25.1 Å². The van der Waals surface area contributed by atoms with Crippen LogP contribution in [-0.2, 0) is 13.2 Å². The highest BCUT2D eigenvalue weighted by molar-refractivity contribution is 9.10. The van der Waals surface area contributed by atoms with Crippen molar-refractivity contribution in [3.8, 4) is 11.5 Å². The van der Waals surface area contributed by atoms with Gasteiger partial charge in [-0.1, -0.05) is 45.7 Å². The molecule has 0 amide bonds. The van der Waals surface area contributed by atoms with Gasteiger partial charge >= 0.3 is 0 Å². The average Bonchev–Trinajstić information content (AvgIpc) is 2.84. The first kappa shape index (κ1) is 24.7. The zero-order valence-electron chi connectivity index (χ0n) is 19.3. The Bertz CT molecular complexity index is 1120. The maximum absolute atomic E-state index is 14.0. The summed E-state index contributed by atoms with van der Waals surface area (Å²) in [6, 6.07) is 16.6. The average molecular weight is 548 g/mol. The number of halogens is 3. The van der Waals surface area contributed by atoms with E-state index in [1.165, 1.54) is 25.3 Å². The predicted molar refractivity (Wildman–Crippen MR) is 141 cm³/mol. The van der Waals surface area contributed by atoms with Crippen LogP contribution in [0.15, 0.2) is 59.1 Å². The molecule has 1 saturated heterocycles. The van der Waals surface area contributed by atoms with E-state index in [2.05, 4.69) is 38.3 Å². The molecular formula is C27H29BrClFN2O2. The first-order valence-corrected chi connectivity index (χ1v) is 12.8. The third kappa shape index (κ3) is 6.16. The van der Waals surface area contributed by atoms with Crippen molar-refractivity contribution < 1.29 is 13.9 Å². The van der Waals surface area contributed by atoms with E-state index in [-0.39, 0.29) is 12.4 Å². The Kier molecular flexibility index (Phi) is 8.57. The molecule has 0 atom stereocenters. The quantitative estimate of drug-likeness (QED) is 0.296. The standard InChI is InChI=1S/C27H29BrClFN2O2/c1-2-33-26-14-20(22(28)16-27(26)34-18-19-8-4-5-9-24(19)30)17-31-21-10-11-25(23(29)15-21)32-12-6-3-7-13-32/h4-5,8-11,14-16,31H,2-3,6-7,12-13,17-18H2,1H3. The number of anilines is 2. The Hall–Kier alpha value is -2.44. The molecule has 1 aliphatic rings. The highest BCUT2D eigenvalue weighted by atomic mass is 79.9. The van der Waals surface area contributed by atoms with Crippen molar-refractivity contribution in [1.29, 1.82) is 0 Å². The Labute approximate surface area is 214 Å². The first-order valence-electron chi connectivity index (χ1n) is 11.6. The molecule has 1 heterocycles. The van der Waals surface area contributed by atoms with Gasteiger partial charge in [-0.15, -0.1) is 0 Å². The molecule has 1 aliphatic heterocycles. The van der Waals surface area contributed by atoms with Gasteiger partial charge in [-0.05, 0) is 68.1 Å². The molecule has 180 valence electrons. The van der Waals surface area contributed by atoms with Gasteiger partial charge in [0.15, 0.2) is 11.5 Å². The van der Waals surface area contributed by atoms with Crippen molar-refractivity contribution >= 4 is 38.9 Å². The molecule has 0 unspecified atom stereocenters. The van der Waals surface area contributed by atoms with Gasteiger partial charge < -0.3 is 19.7 Å². The summed E-state index contributed by atoms with van der Waals surface area (Å²) in [5, 5.41) is 4.21. The molecule has 3 aromatic carbocycles. The second kappa shape index (κ2) is 11.8. The molecule has 4 nitrogen and oxygen atoms in total. The summed E-state index contributed by atoms with van der Waals surface area (Å²) in [4.78, 5) is 2.36. The SMILES string of the molecule is CCOc1cc(CNc2ccc(N3CCCCC3)c(Cl)c2)c(Br)cc1OCc1ccccc1F. The van der Waals surface area contributed by atoms with E-state index in [1.54, 1.807) is 18.2 Å². The lowest BCUT2D eigenvalue weighted by molar-refractivity contribution is 0.265. The number of nitrogens with one attached hydrogen (secondary N) is 1. The van der Waals surface area contributed by atoms with Crippen molar-refractivity contribution in [3.05, 3.63) is 81.0 Å². The maximum Gasteiger partial charge on any atom is 0.162 e. The van der Waals surface area contributed by atoms with Crippen LogP contribution in [0.2, 0.25) is 5.02 Å². The molecule has 0 aromatic heterocycles. The van der Waals surface area contributed by atoms with E-state index in [0.29, 0.717) is 30.2 Å². The lowest BCUT2D eigenvalue weighted by Gasteiger charge is -2.29. The monoisotopic (exact) mass is 546 g/mol. The zero-order chi connectivity index (χ0) is 23.9. The topological polar surface area (TPSA) is 33.7 Å². The number of ether oxygens (including phenoxy) is 2. The predicted octanol–water partition coefficient (Wildman–Crippen LogP) is 7.82. The Balaban J connectivity index is 1.45. The van der Waals surface area contributed by atoms with E-state index < -0.39 is 0 Å². The number of nitrogens with zero attached hydrogens (tertiary/aromatic N) is 1. The fourth-order valence-corrected chi connectivity index (χ4v) is 4.83. The van der Waals surface area contributed by atoms with Crippen molar-refractivity contribution in [3.63, 3.8) is 0 Å². The first-order chi connectivity index (χ1) is 16.5. The van der Waals surface area contributed by atoms with Crippen LogP contribution in [0, 0.1) is 5.82 Å². The molecule has 0 radical (unpaired) electrons. The summed E-state index contributed by atoms with van der Waals surface area (Å²) in [6.07, 6.45) is 3.72. The highest BCUT2D eigenvalue weighted by Crippen LogP contribution is 2.36.